The third kappa shape index (κ3) is 4.32. The molecule has 0 unspecified atom stereocenters. The summed E-state index contributed by atoms with van der Waals surface area (Å²) >= 11 is 0. The second kappa shape index (κ2) is 7.87. The van der Waals surface area contributed by atoms with Gasteiger partial charge in [-0.25, -0.2) is 4.98 Å². The molecule has 5 nitrogen and oxygen atoms in total. The molecule has 0 atom stereocenters. The quantitative estimate of drug-likeness (QED) is 0.860. The van der Waals surface area contributed by atoms with E-state index < -0.39 is 11.7 Å². The van der Waals surface area contributed by atoms with Gasteiger partial charge in [-0.15, -0.1) is 0 Å². The molecule has 28 heavy (non-hydrogen) atoms. The molecule has 4 rings (SSSR count). The Morgan fingerprint density at radius 2 is 1.79 bits per heavy atom. The van der Waals surface area contributed by atoms with Gasteiger partial charge in [-0.3, -0.25) is 0 Å². The van der Waals surface area contributed by atoms with Crippen molar-refractivity contribution < 1.29 is 22.6 Å². The minimum absolute atomic E-state index is 0.360. The Kier molecular flexibility index (Phi) is 5.30. The Morgan fingerprint density at radius 3 is 2.46 bits per heavy atom. The lowest BCUT2D eigenvalue weighted by Crippen LogP contribution is -2.42. The van der Waals surface area contributed by atoms with Gasteiger partial charge in [-0.2, -0.15) is 13.2 Å². The Balaban J connectivity index is 1.27. The second-order valence-corrected chi connectivity index (χ2v) is 7.02. The molecule has 0 amide bonds. The Morgan fingerprint density at radius 1 is 1.04 bits per heavy atom. The maximum atomic E-state index is 12.7. The lowest BCUT2D eigenvalue weighted by atomic mass is 10.0. The van der Waals surface area contributed by atoms with E-state index in [0.717, 1.165) is 61.8 Å². The highest BCUT2D eigenvalue weighted by atomic mass is 19.4. The van der Waals surface area contributed by atoms with Crippen molar-refractivity contribution >= 4 is 5.82 Å². The fourth-order valence-electron chi connectivity index (χ4n) is 3.51. The normalized spacial score (nSPS) is 17.6. The molecule has 1 fully saturated rings. The molecule has 0 radical (unpaired) electrons. The zero-order valence-corrected chi connectivity index (χ0v) is 15.3. The number of anilines is 1. The Hall–Kier alpha value is -2.48. The van der Waals surface area contributed by atoms with Crippen LogP contribution in [-0.4, -0.2) is 37.3 Å². The number of halogens is 3. The second-order valence-electron chi connectivity index (χ2n) is 7.02. The molecule has 0 aliphatic carbocycles. The van der Waals surface area contributed by atoms with E-state index in [-0.39, 0.29) is 0 Å². The van der Waals surface area contributed by atoms with Crippen molar-refractivity contribution in [2.45, 2.75) is 31.6 Å². The van der Waals surface area contributed by atoms with Gasteiger partial charge >= 0.3 is 6.18 Å². The first-order valence-corrected chi connectivity index (χ1v) is 9.39. The number of hydrogen-bond donors (Lipinski definition) is 1. The van der Waals surface area contributed by atoms with E-state index in [1.54, 1.807) is 0 Å². The van der Waals surface area contributed by atoms with Gasteiger partial charge in [0.25, 0.3) is 0 Å². The number of pyridine rings is 1. The molecule has 2 aliphatic rings. The maximum Gasteiger partial charge on any atom is 0.417 e. The van der Waals surface area contributed by atoms with Crippen LogP contribution < -0.4 is 19.7 Å². The zero-order valence-electron chi connectivity index (χ0n) is 15.3. The summed E-state index contributed by atoms with van der Waals surface area (Å²) in [5.74, 6) is 2.17. The summed E-state index contributed by atoms with van der Waals surface area (Å²) in [6.07, 6.45) is -1.63. The van der Waals surface area contributed by atoms with Gasteiger partial charge in [0.05, 0.1) is 5.56 Å². The van der Waals surface area contributed by atoms with Crippen molar-refractivity contribution in [2.75, 3.05) is 31.2 Å². The van der Waals surface area contributed by atoms with E-state index in [0.29, 0.717) is 25.1 Å². The predicted molar refractivity (Wildman–Crippen MR) is 98.7 cm³/mol. The van der Waals surface area contributed by atoms with Crippen LogP contribution in [0.5, 0.6) is 11.5 Å². The van der Waals surface area contributed by atoms with Crippen molar-refractivity contribution in [3.63, 3.8) is 0 Å². The van der Waals surface area contributed by atoms with Crippen LogP contribution in [0.25, 0.3) is 0 Å². The van der Waals surface area contributed by atoms with Crippen molar-refractivity contribution in [3.8, 4) is 11.5 Å². The molecule has 1 aromatic carbocycles. The Bertz CT molecular complexity index is 803. The largest absolute Gasteiger partial charge is 0.486 e. The average Bonchev–Trinajstić information content (AvgIpc) is 2.72. The van der Waals surface area contributed by atoms with Gasteiger partial charge in [0.2, 0.25) is 0 Å². The highest BCUT2D eigenvalue weighted by Crippen LogP contribution is 2.31. The monoisotopic (exact) mass is 393 g/mol. The molecule has 0 saturated carbocycles. The standard InChI is InChI=1S/C20H22F3N3O2/c21-20(22,23)15-2-4-19(25-13-15)26-7-5-16(6-8-26)24-12-14-1-3-17-18(11-14)28-10-9-27-17/h1-4,11,13,16,24H,5-10,12H2. The smallest absolute Gasteiger partial charge is 0.417 e. The van der Waals surface area contributed by atoms with E-state index in [1.165, 1.54) is 6.07 Å². The number of nitrogens with zero attached hydrogens (tertiary/aromatic N) is 2. The van der Waals surface area contributed by atoms with Crippen LogP contribution >= 0.6 is 0 Å². The van der Waals surface area contributed by atoms with Gasteiger partial charge in [-0.1, -0.05) is 6.07 Å². The third-order valence-electron chi connectivity index (χ3n) is 5.10. The van der Waals surface area contributed by atoms with Gasteiger partial charge in [-0.05, 0) is 42.7 Å². The highest BCUT2D eigenvalue weighted by Gasteiger charge is 2.31. The zero-order chi connectivity index (χ0) is 19.6. The minimum Gasteiger partial charge on any atom is -0.486 e. The number of aromatic nitrogens is 1. The number of benzene rings is 1. The first-order chi connectivity index (χ1) is 13.5. The summed E-state index contributed by atoms with van der Waals surface area (Å²) in [4.78, 5) is 6.02. The topological polar surface area (TPSA) is 46.6 Å². The van der Waals surface area contributed by atoms with Crippen LogP contribution in [0.1, 0.15) is 24.0 Å². The number of ether oxygens (including phenoxy) is 2. The molecule has 0 spiro atoms. The highest BCUT2D eigenvalue weighted by molar-refractivity contribution is 5.44. The number of rotatable bonds is 4. The van der Waals surface area contributed by atoms with Crippen molar-refractivity contribution in [1.82, 2.24) is 10.3 Å². The summed E-state index contributed by atoms with van der Waals surface area (Å²) in [6, 6.07) is 8.87. The fraction of sp³-hybridized carbons (Fsp3) is 0.450. The van der Waals surface area contributed by atoms with Gasteiger partial charge in [0.1, 0.15) is 19.0 Å². The van der Waals surface area contributed by atoms with Crippen LogP contribution in [0, 0.1) is 0 Å². The molecule has 1 saturated heterocycles. The predicted octanol–water partition coefficient (Wildman–Crippen LogP) is 3.63. The third-order valence-corrected chi connectivity index (χ3v) is 5.10. The molecule has 8 heteroatoms. The Labute approximate surface area is 161 Å². The van der Waals surface area contributed by atoms with Crippen molar-refractivity contribution in [2.24, 2.45) is 0 Å². The number of fused-ring (bicyclic) bond motifs is 1. The average molecular weight is 393 g/mol. The van der Waals surface area contributed by atoms with E-state index in [9.17, 15) is 13.2 Å². The van der Waals surface area contributed by atoms with Crippen LogP contribution in [-0.2, 0) is 12.7 Å². The summed E-state index contributed by atoms with van der Waals surface area (Å²) in [7, 11) is 0. The van der Waals surface area contributed by atoms with Gasteiger partial charge in [0.15, 0.2) is 11.5 Å². The van der Waals surface area contributed by atoms with Crippen molar-refractivity contribution in [1.29, 1.82) is 0 Å². The van der Waals surface area contributed by atoms with Gasteiger partial charge < -0.3 is 19.7 Å². The summed E-state index contributed by atoms with van der Waals surface area (Å²) in [5, 5.41) is 3.55. The van der Waals surface area contributed by atoms with Crippen LogP contribution in [0.4, 0.5) is 19.0 Å². The molecule has 2 aliphatic heterocycles. The molecular weight excluding hydrogens is 371 g/mol. The molecular formula is C20H22F3N3O2. The van der Waals surface area contributed by atoms with Crippen LogP contribution in [0.3, 0.4) is 0 Å². The van der Waals surface area contributed by atoms with Crippen molar-refractivity contribution in [3.05, 3.63) is 47.7 Å². The minimum atomic E-state index is -4.35. The number of hydrogen-bond acceptors (Lipinski definition) is 5. The molecule has 0 bridgehead atoms. The van der Waals surface area contributed by atoms with Gasteiger partial charge in [0, 0.05) is 31.9 Å². The van der Waals surface area contributed by atoms with E-state index in [4.69, 9.17) is 9.47 Å². The molecule has 1 N–H and O–H groups in total. The fourth-order valence-corrected chi connectivity index (χ4v) is 3.51. The summed E-state index contributed by atoms with van der Waals surface area (Å²) < 4.78 is 49.1. The number of alkyl halides is 3. The summed E-state index contributed by atoms with van der Waals surface area (Å²) in [6.45, 7) is 3.41. The van der Waals surface area contributed by atoms with E-state index in [2.05, 4.69) is 10.3 Å². The first-order valence-electron chi connectivity index (χ1n) is 9.39. The lowest BCUT2D eigenvalue weighted by Gasteiger charge is -2.33. The van der Waals surface area contributed by atoms with Crippen LogP contribution in [0.15, 0.2) is 36.5 Å². The number of nitrogens with one attached hydrogen (secondary N) is 1. The molecule has 150 valence electrons. The SMILES string of the molecule is FC(F)(F)c1ccc(N2CCC(NCc3ccc4c(c3)OCCO4)CC2)nc1. The van der Waals surface area contributed by atoms with E-state index >= 15 is 0 Å². The van der Waals surface area contributed by atoms with E-state index in [1.807, 2.05) is 23.1 Å². The first kappa shape index (κ1) is 18.9. The van der Waals surface area contributed by atoms with Crippen LogP contribution in [0.2, 0.25) is 0 Å². The molecule has 3 heterocycles. The number of piperidine rings is 1. The maximum absolute atomic E-state index is 12.7. The molecule has 2 aromatic rings. The lowest BCUT2D eigenvalue weighted by molar-refractivity contribution is -0.137. The molecule has 1 aromatic heterocycles. The summed E-state index contributed by atoms with van der Waals surface area (Å²) in [5.41, 5.74) is 0.420.